The summed E-state index contributed by atoms with van der Waals surface area (Å²) >= 11 is 6.09. The Morgan fingerprint density at radius 2 is 2.22 bits per heavy atom. The molecule has 2 rings (SSSR count). The third-order valence-corrected chi connectivity index (χ3v) is 3.19. The number of nitrogens with zero attached hydrogens (tertiary/aromatic N) is 1. The van der Waals surface area contributed by atoms with E-state index in [9.17, 15) is 0 Å². The Morgan fingerprint density at radius 1 is 1.39 bits per heavy atom. The van der Waals surface area contributed by atoms with E-state index < -0.39 is 0 Å². The number of hydrogen-bond donors (Lipinski definition) is 1. The van der Waals surface area contributed by atoms with E-state index in [1.807, 2.05) is 25.1 Å². The average Bonchev–Trinajstić information content (AvgIpc) is 2.82. The Kier molecular flexibility index (Phi) is 4.39. The lowest BCUT2D eigenvalue weighted by atomic mass is 10.1. The van der Waals surface area contributed by atoms with Crippen LogP contribution in [0, 0.1) is 6.92 Å². The average molecular weight is 265 g/mol. The molecule has 0 spiro atoms. The van der Waals surface area contributed by atoms with Crippen LogP contribution >= 0.6 is 11.6 Å². The molecule has 0 aliphatic rings. The number of benzene rings is 1. The van der Waals surface area contributed by atoms with Gasteiger partial charge in [-0.15, -0.1) is 0 Å². The van der Waals surface area contributed by atoms with Crippen LogP contribution in [0.4, 0.5) is 0 Å². The van der Waals surface area contributed by atoms with Gasteiger partial charge in [-0.2, -0.15) is 0 Å². The summed E-state index contributed by atoms with van der Waals surface area (Å²) in [7, 11) is 0. The van der Waals surface area contributed by atoms with Crippen molar-refractivity contribution in [3.8, 4) is 11.5 Å². The Hall–Kier alpha value is -1.32. The largest absolute Gasteiger partial charge is 0.444 e. The van der Waals surface area contributed by atoms with E-state index in [-0.39, 0.29) is 0 Å². The van der Waals surface area contributed by atoms with Crippen molar-refractivity contribution in [2.45, 2.75) is 26.8 Å². The van der Waals surface area contributed by atoms with Crippen LogP contribution in [0.2, 0.25) is 5.02 Å². The molecule has 1 aromatic carbocycles. The van der Waals surface area contributed by atoms with Crippen LogP contribution in [0.25, 0.3) is 11.5 Å². The highest BCUT2D eigenvalue weighted by Crippen LogP contribution is 2.27. The third-order valence-electron chi connectivity index (χ3n) is 2.78. The van der Waals surface area contributed by atoms with Crippen molar-refractivity contribution in [2.24, 2.45) is 0 Å². The van der Waals surface area contributed by atoms with Crippen molar-refractivity contribution in [3.63, 3.8) is 0 Å². The highest BCUT2D eigenvalue weighted by atomic mass is 35.5. The molecule has 0 aliphatic carbocycles. The van der Waals surface area contributed by atoms with Gasteiger partial charge in [0.05, 0.1) is 5.69 Å². The zero-order chi connectivity index (χ0) is 13.0. The molecule has 3 nitrogen and oxygen atoms in total. The minimum Gasteiger partial charge on any atom is -0.444 e. The second-order valence-electron chi connectivity index (χ2n) is 4.23. The number of rotatable bonds is 5. The Labute approximate surface area is 112 Å². The molecule has 1 aromatic heterocycles. The van der Waals surface area contributed by atoms with E-state index in [4.69, 9.17) is 16.0 Å². The van der Waals surface area contributed by atoms with Crippen LogP contribution in [0.15, 0.2) is 28.9 Å². The second kappa shape index (κ2) is 6.03. The molecule has 0 saturated carbocycles. The molecule has 1 heterocycles. The lowest BCUT2D eigenvalue weighted by Crippen LogP contribution is -2.13. The second-order valence-corrected chi connectivity index (χ2v) is 4.64. The van der Waals surface area contributed by atoms with Crippen molar-refractivity contribution in [1.82, 2.24) is 10.3 Å². The van der Waals surface area contributed by atoms with E-state index in [0.717, 1.165) is 41.4 Å². The van der Waals surface area contributed by atoms with Crippen LogP contribution in [0.5, 0.6) is 0 Å². The summed E-state index contributed by atoms with van der Waals surface area (Å²) in [5.41, 5.74) is 2.86. The fourth-order valence-electron chi connectivity index (χ4n) is 1.74. The first-order chi connectivity index (χ1) is 8.72. The molecule has 0 radical (unpaired) electrons. The minimum absolute atomic E-state index is 0.628. The molecule has 4 heteroatoms. The van der Waals surface area contributed by atoms with E-state index in [1.54, 1.807) is 6.26 Å². The number of aromatic nitrogens is 1. The number of hydrogen-bond acceptors (Lipinski definition) is 3. The van der Waals surface area contributed by atoms with Crippen molar-refractivity contribution >= 4 is 11.6 Å². The first-order valence-corrected chi connectivity index (χ1v) is 6.50. The predicted octanol–water partition coefficient (Wildman–Crippen LogP) is 3.80. The van der Waals surface area contributed by atoms with Gasteiger partial charge in [0.1, 0.15) is 6.26 Å². The molecule has 96 valence electrons. The maximum Gasteiger partial charge on any atom is 0.226 e. The fraction of sp³-hybridized carbons (Fsp3) is 0.357. The van der Waals surface area contributed by atoms with Crippen molar-refractivity contribution in [2.75, 3.05) is 6.54 Å². The smallest absolute Gasteiger partial charge is 0.226 e. The zero-order valence-electron chi connectivity index (χ0n) is 10.7. The highest BCUT2D eigenvalue weighted by Gasteiger charge is 2.10. The molecule has 0 bridgehead atoms. The summed E-state index contributed by atoms with van der Waals surface area (Å²) in [4.78, 5) is 4.47. The van der Waals surface area contributed by atoms with E-state index in [2.05, 4.69) is 17.2 Å². The standard InChI is InChI=1S/C14H17ClN2O/c1-3-7-16-8-11-9-18-14(17-11)12-5-4-6-13(15)10(12)2/h4-6,9,16H,3,7-8H2,1-2H3. The van der Waals surface area contributed by atoms with Gasteiger partial charge in [-0.3, -0.25) is 0 Å². The topological polar surface area (TPSA) is 38.1 Å². The van der Waals surface area contributed by atoms with Gasteiger partial charge in [-0.25, -0.2) is 4.98 Å². The lowest BCUT2D eigenvalue weighted by Gasteiger charge is -2.02. The Balaban J connectivity index is 2.16. The minimum atomic E-state index is 0.628. The Morgan fingerprint density at radius 3 is 3.00 bits per heavy atom. The van der Waals surface area contributed by atoms with Crippen LogP contribution in [-0.4, -0.2) is 11.5 Å². The van der Waals surface area contributed by atoms with Gasteiger partial charge in [0.2, 0.25) is 5.89 Å². The van der Waals surface area contributed by atoms with Gasteiger partial charge in [-0.05, 0) is 37.6 Å². The molecular weight excluding hydrogens is 248 g/mol. The molecule has 0 saturated heterocycles. The molecular formula is C14H17ClN2O. The normalized spacial score (nSPS) is 10.8. The molecule has 18 heavy (non-hydrogen) atoms. The highest BCUT2D eigenvalue weighted by molar-refractivity contribution is 6.31. The zero-order valence-corrected chi connectivity index (χ0v) is 11.4. The summed E-state index contributed by atoms with van der Waals surface area (Å²) in [5, 5.41) is 4.03. The molecule has 0 fully saturated rings. The number of nitrogens with one attached hydrogen (secondary N) is 1. The summed E-state index contributed by atoms with van der Waals surface area (Å²) in [6, 6.07) is 5.74. The molecule has 0 atom stereocenters. The maximum atomic E-state index is 6.09. The van der Waals surface area contributed by atoms with Crippen molar-refractivity contribution < 1.29 is 4.42 Å². The Bertz CT molecular complexity index is 522. The monoisotopic (exact) mass is 264 g/mol. The molecule has 0 amide bonds. The van der Waals surface area contributed by atoms with E-state index >= 15 is 0 Å². The van der Waals surface area contributed by atoms with Crippen LogP contribution in [-0.2, 0) is 6.54 Å². The summed E-state index contributed by atoms with van der Waals surface area (Å²) < 4.78 is 5.51. The number of oxazole rings is 1. The van der Waals surface area contributed by atoms with Gasteiger partial charge in [0, 0.05) is 17.1 Å². The first kappa shape index (κ1) is 13.1. The predicted molar refractivity (Wildman–Crippen MR) is 73.7 cm³/mol. The lowest BCUT2D eigenvalue weighted by molar-refractivity contribution is 0.569. The van der Waals surface area contributed by atoms with Crippen LogP contribution < -0.4 is 5.32 Å². The van der Waals surface area contributed by atoms with Crippen molar-refractivity contribution in [3.05, 3.63) is 40.7 Å². The fourth-order valence-corrected chi connectivity index (χ4v) is 1.92. The summed E-state index contributed by atoms with van der Waals surface area (Å²) in [6.07, 6.45) is 2.80. The quantitative estimate of drug-likeness (QED) is 0.835. The molecule has 2 aromatic rings. The maximum absolute atomic E-state index is 6.09. The van der Waals surface area contributed by atoms with Gasteiger partial charge < -0.3 is 9.73 Å². The van der Waals surface area contributed by atoms with Gasteiger partial charge in [-0.1, -0.05) is 24.6 Å². The van der Waals surface area contributed by atoms with Crippen LogP contribution in [0.1, 0.15) is 24.6 Å². The van der Waals surface area contributed by atoms with Gasteiger partial charge in [0.15, 0.2) is 0 Å². The number of halogens is 1. The van der Waals surface area contributed by atoms with E-state index in [0.29, 0.717) is 5.89 Å². The molecule has 0 unspecified atom stereocenters. The molecule has 0 aliphatic heterocycles. The summed E-state index contributed by atoms with van der Waals surface area (Å²) in [6.45, 7) is 5.82. The summed E-state index contributed by atoms with van der Waals surface area (Å²) in [5.74, 6) is 0.628. The first-order valence-electron chi connectivity index (χ1n) is 6.13. The van der Waals surface area contributed by atoms with E-state index in [1.165, 1.54) is 0 Å². The van der Waals surface area contributed by atoms with Crippen LogP contribution in [0.3, 0.4) is 0 Å². The van der Waals surface area contributed by atoms with Crippen molar-refractivity contribution in [1.29, 1.82) is 0 Å². The van der Waals surface area contributed by atoms with Gasteiger partial charge >= 0.3 is 0 Å². The SMILES string of the molecule is CCCNCc1coc(-c2cccc(Cl)c2C)n1. The third kappa shape index (κ3) is 2.92. The molecule has 1 N–H and O–H groups in total. The van der Waals surface area contributed by atoms with Gasteiger partial charge in [0.25, 0.3) is 0 Å².